The van der Waals surface area contributed by atoms with Crippen LogP contribution in [0.2, 0.25) is 0 Å². The fourth-order valence-corrected chi connectivity index (χ4v) is 2.50. The lowest BCUT2D eigenvalue weighted by Crippen LogP contribution is -2.39. The molecule has 2 amide bonds. The van der Waals surface area contributed by atoms with E-state index in [1.807, 2.05) is 39.0 Å². The number of benzene rings is 1. The molecule has 0 saturated carbocycles. The van der Waals surface area contributed by atoms with Crippen molar-refractivity contribution in [2.75, 3.05) is 13.1 Å². The van der Waals surface area contributed by atoms with Gasteiger partial charge in [0.05, 0.1) is 0 Å². The van der Waals surface area contributed by atoms with Gasteiger partial charge in [-0.1, -0.05) is 43.7 Å². The molecule has 0 unspecified atom stereocenters. The summed E-state index contributed by atoms with van der Waals surface area (Å²) in [7, 11) is 0. The molecule has 0 spiro atoms. The minimum absolute atomic E-state index is 0.0262. The van der Waals surface area contributed by atoms with E-state index in [-0.39, 0.29) is 17.7 Å². The molecule has 0 aliphatic rings. The van der Waals surface area contributed by atoms with Gasteiger partial charge in [0.2, 0.25) is 11.8 Å². The highest BCUT2D eigenvalue weighted by Gasteiger charge is 2.14. The van der Waals surface area contributed by atoms with Crippen molar-refractivity contribution >= 4 is 11.8 Å². The molecule has 4 heteroatoms. The average molecular weight is 304 g/mol. The second-order valence-corrected chi connectivity index (χ2v) is 5.73. The van der Waals surface area contributed by atoms with Crippen molar-refractivity contribution < 1.29 is 9.59 Å². The predicted octanol–water partition coefficient (Wildman–Crippen LogP) is 2.90. The highest BCUT2D eigenvalue weighted by Crippen LogP contribution is 2.09. The molecule has 0 atom stereocenters. The lowest BCUT2D eigenvalue weighted by atomic mass is 10.0. The van der Waals surface area contributed by atoms with Crippen LogP contribution in [0, 0.1) is 12.8 Å². The molecule has 1 aromatic carbocycles. The lowest BCUT2D eigenvalue weighted by Gasteiger charge is -2.22. The van der Waals surface area contributed by atoms with Crippen molar-refractivity contribution in [2.24, 2.45) is 5.92 Å². The zero-order valence-electron chi connectivity index (χ0n) is 14.2. The average Bonchev–Trinajstić information content (AvgIpc) is 2.47. The van der Waals surface area contributed by atoms with Crippen molar-refractivity contribution in [2.45, 2.75) is 47.1 Å². The second-order valence-electron chi connectivity index (χ2n) is 5.73. The molecule has 0 saturated heterocycles. The Hall–Kier alpha value is -1.84. The molecule has 0 heterocycles. The molecule has 1 rings (SSSR count). The molecule has 22 heavy (non-hydrogen) atoms. The van der Waals surface area contributed by atoms with Gasteiger partial charge in [0, 0.05) is 32.5 Å². The number of hydrogen-bond donors (Lipinski definition) is 1. The number of hydrogen-bond acceptors (Lipinski definition) is 2. The number of amides is 2. The smallest absolute Gasteiger partial charge is 0.223 e. The van der Waals surface area contributed by atoms with E-state index in [0.717, 1.165) is 18.4 Å². The Morgan fingerprint density at radius 2 is 1.91 bits per heavy atom. The number of carbonyl (C=O) groups excluding carboxylic acids is 2. The third kappa shape index (κ3) is 5.88. The van der Waals surface area contributed by atoms with Gasteiger partial charge in [-0.05, 0) is 25.3 Å². The van der Waals surface area contributed by atoms with E-state index in [2.05, 4.69) is 11.4 Å². The van der Waals surface area contributed by atoms with Gasteiger partial charge in [0.15, 0.2) is 0 Å². The highest BCUT2D eigenvalue weighted by atomic mass is 16.2. The topological polar surface area (TPSA) is 49.4 Å². The van der Waals surface area contributed by atoms with Crippen molar-refractivity contribution in [1.82, 2.24) is 10.2 Å². The molecule has 1 aromatic rings. The van der Waals surface area contributed by atoms with Gasteiger partial charge >= 0.3 is 0 Å². The van der Waals surface area contributed by atoms with Crippen LogP contribution in [0.4, 0.5) is 0 Å². The molecule has 4 nitrogen and oxygen atoms in total. The number of aryl methyl sites for hydroxylation is 1. The molecule has 0 aliphatic heterocycles. The largest absolute Gasteiger partial charge is 0.354 e. The molecule has 122 valence electrons. The number of nitrogens with zero attached hydrogens (tertiary/aromatic N) is 1. The van der Waals surface area contributed by atoms with Crippen molar-refractivity contribution in [1.29, 1.82) is 0 Å². The van der Waals surface area contributed by atoms with Gasteiger partial charge in [-0.2, -0.15) is 0 Å². The zero-order chi connectivity index (χ0) is 16.5. The Balaban J connectivity index is 2.52. The first kappa shape index (κ1) is 18.2. The Labute approximate surface area is 133 Å². The third-order valence-electron chi connectivity index (χ3n) is 3.94. The second kappa shape index (κ2) is 9.23. The Morgan fingerprint density at radius 1 is 1.23 bits per heavy atom. The van der Waals surface area contributed by atoms with Crippen LogP contribution < -0.4 is 5.32 Å². The van der Waals surface area contributed by atoms with Gasteiger partial charge in [-0.15, -0.1) is 0 Å². The quantitative estimate of drug-likeness (QED) is 0.803. The maximum absolute atomic E-state index is 11.9. The third-order valence-corrected chi connectivity index (χ3v) is 3.94. The van der Waals surface area contributed by atoms with Crippen LogP contribution in [0.3, 0.4) is 0 Å². The summed E-state index contributed by atoms with van der Waals surface area (Å²) in [6, 6.07) is 8.14. The number of rotatable bonds is 8. The van der Waals surface area contributed by atoms with E-state index < -0.39 is 0 Å². The molecule has 0 bridgehead atoms. The van der Waals surface area contributed by atoms with Gasteiger partial charge in [-0.3, -0.25) is 9.59 Å². The van der Waals surface area contributed by atoms with Gasteiger partial charge in [0.25, 0.3) is 0 Å². The minimum atomic E-state index is 0.0262. The van der Waals surface area contributed by atoms with E-state index in [0.29, 0.717) is 19.6 Å². The van der Waals surface area contributed by atoms with E-state index in [1.165, 1.54) is 5.56 Å². The first-order valence-corrected chi connectivity index (χ1v) is 8.06. The number of nitrogens with one attached hydrogen (secondary N) is 1. The standard InChI is InChI=1S/C18H28N2O2/c1-5-17(6-2)18(22)19-10-11-20(15(4)21)13-16-9-7-8-14(3)12-16/h7-9,12,17H,5-6,10-11,13H2,1-4H3,(H,19,22). The predicted molar refractivity (Wildman–Crippen MR) is 89.4 cm³/mol. The Morgan fingerprint density at radius 3 is 2.45 bits per heavy atom. The van der Waals surface area contributed by atoms with Crippen molar-refractivity contribution in [3.8, 4) is 0 Å². The maximum Gasteiger partial charge on any atom is 0.223 e. The zero-order valence-corrected chi connectivity index (χ0v) is 14.2. The summed E-state index contributed by atoms with van der Waals surface area (Å²) in [5, 5.41) is 2.93. The van der Waals surface area contributed by atoms with Gasteiger partial charge in [-0.25, -0.2) is 0 Å². The van der Waals surface area contributed by atoms with Crippen LogP contribution in [0.15, 0.2) is 24.3 Å². The summed E-state index contributed by atoms with van der Waals surface area (Å²) in [6.45, 7) is 9.27. The molecular formula is C18H28N2O2. The summed E-state index contributed by atoms with van der Waals surface area (Å²) in [5.74, 6) is 0.185. The lowest BCUT2D eigenvalue weighted by molar-refractivity contribution is -0.130. The summed E-state index contributed by atoms with van der Waals surface area (Å²) in [5.41, 5.74) is 2.30. The highest BCUT2D eigenvalue weighted by molar-refractivity contribution is 5.78. The summed E-state index contributed by atoms with van der Waals surface area (Å²) >= 11 is 0. The maximum atomic E-state index is 11.9. The molecular weight excluding hydrogens is 276 g/mol. The minimum Gasteiger partial charge on any atom is -0.354 e. The van der Waals surface area contributed by atoms with Crippen LogP contribution >= 0.6 is 0 Å². The van der Waals surface area contributed by atoms with Crippen molar-refractivity contribution in [3.05, 3.63) is 35.4 Å². The fraction of sp³-hybridized carbons (Fsp3) is 0.556. The van der Waals surface area contributed by atoms with Crippen LogP contribution in [-0.2, 0) is 16.1 Å². The van der Waals surface area contributed by atoms with Gasteiger partial charge in [0.1, 0.15) is 0 Å². The molecule has 0 aromatic heterocycles. The van der Waals surface area contributed by atoms with Crippen LogP contribution in [0.25, 0.3) is 0 Å². The van der Waals surface area contributed by atoms with Crippen LogP contribution in [0.5, 0.6) is 0 Å². The van der Waals surface area contributed by atoms with Gasteiger partial charge < -0.3 is 10.2 Å². The van der Waals surface area contributed by atoms with Crippen LogP contribution in [0.1, 0.15) is 44.7 Å². The molecule has 0 fully saturated rings. The van der Waals surface area contributed by atoms with E-state index >= 15 is 0 Å². The Kier molecular flexibility index (Phi) is 7.64. The first-order valence-electron chi connectivity index (χ1n) is 8.06. The van der Waals surface area contributed by atoms with Crippen molar-refractivity contribution in [3.63, 3.8) is 0 Å². The normalized spacial score (nSPS) is 10.6. The number of carbonyl (C=O) groups is 2. The molecule has 1 N–H and O–H groups in total. The van der Waals surface area contributed by atoms with Crippen LogP contribution in [-0.4, -0.2) is 29.8 Å². The summed E-state index contributed by atoms with van der Waals surface area (Å²) in [4.78, 5) is 25.5. The SMILES string of the molecule is CCC(CC)C(=O)NCCN(Cc1cccc(C)c1)C(C)=O. The Bertz CT molecular complexity index is 496. The van der Waals surface area contributed by atoms with E-state index in [1.54, 1.807) is 11.8 Å². The molecule has 0 aliphatic carbocycles. The first-order chi connectivity index (χ1) is 10.5. The monoisotopic (exact) mass is 304 g/mol. The molecule has 0 radical (unpaired) electrons. The fourth-order valence-electron chi connectivity index (χ4n) is 2.50. The van der Waals surface area contributed by atoms with E-state index in [9.17, 15) is 9.59 Å². The summed E-state index contributed by atoms with van der Waals surface area (Å²) < 4.78 is 0. The summed E-state index contributed by atoms with van der Waals surface area (Å²) in [6.07, 6.45) is 1.70. The van der Waals surface area contributed by atoms with E-state index in [4.69, 9.17) is 0 Å².